The number of benzene rings is 1. The molecule has 2 amide bonds. The minimum atomic E-state index is -0.828. The van der Waals surface area contributed by atoms with Crippen LogP contribution in [0.3, 0.4) is 0 Å². The molecule has 1 N–H and O–H groups in total. The van der Waals surface area contributed by atoms with Crippen molar-refractivity contribution in [2.75, 3.05) is 11.4 Å². The van der Waals surface area contributed by atoms with E-state index in [1.165, 1.54) is 11.0 Å². The van der Waals surface area contributed by atoms with Gasteiger partial charge in [0.15, 0.2) is 5.82 Å². The van der Waals surface area contributed by atoms with Crippen molar-refractivity contribution in [1.82, 2.24) is 20.1 Å². The van der Waals surface area contributed by atoms with Crippen LogP contribution in [0.5, 0.6) is 0 Å². The third kappa shape index (κ3) is 3.49. The number of anilines is 1. The summed E-state index contributed by atoms with van der Waals surface area (Å²) < 4.78 is 28.7. The molecule has 132 valence electrons. The Labute approximate surface area is 142 Å². The second-order valence-corrected chi connectivity index (χ2v) is 5.75. The average Bonchev–Trinajstić information content (AvgIpc) is 3.19. The van der Waals surface area contributed by atoms with Gasteiger partial charge in [0, 0.05) is 25.6 Å². The van der Waals surface area contributed by atoms with E-state index in [2.05, 4.69) is 15.5 Å². The third-order valence-electron chi connectivity index (χ3n) is 4.15. The van der Waals surface area contributed by atoms with Gasteiger partial charge in [-0.1, -0.05) is 0 Å². The number of nitrogens with zero attached hydrogens (tertiary/aromatic N) is 4. The lowest BCUT2D eigenvalue weighted by molar-refractivity contribution is -0.126. The van der Waals surface area contributed by atoms with Gasteiger partial charge in [0.25, 0.3) is 0 Å². The van der Waals surface area contributed by atoms with Crippen LogP contribution < -0.4 is 10.2 Å². The quantitative estimate of drug-likeness (QED) is 0.881. The predicted molar refractivity (Wildman–Crippen MR) is 84.4 cm³/mol. The van der Waals surface area contributed by atoms with Crippen LogP contribution in [-0.4, -0.2) is 33.1 Å². The number of aryl methyl sites for hydroxylation is 1. The van der Waals surface area contributed by atoms with Crippen LogP contribution >= 0.6 is 0 Å². The van der Waals surface area contributed by atoms with Crippen molar-refractivity contribution in [2.24, 2.45) is 5.92 Å². The molecule has 7 nitrogen and oxygen atoms in total. The molecular weight excluding hydrogens is 332 g/mol. The van der Waals surface area contributed by atoms with Gasteiger partial charge < -0.3 is 14.8 Å². The monoisotopic (exact) mass is 349 g/mol. The summed E-state index contributed by atoms with van der Waals surface area (Å²) in [7, 11) is 0. The molecule has 1 saturated heterocycles. The summed E-state index contributed by atoms with van der Waals surface area (Å²) in [5.41, 5.74) is -0.0209. The maximum absolute atomic E-state index is 13.9. The Morgan fingerprint density at radius 2 is 2.20 bits per heavy atom. The Hall–Kier alpha value is -2.84. The van der Waals surface area contributed by atoms with Gasteiger partial charge in [-0.15, -0.1) is 10.2 Å². The van der Waals surface area contributed by atoms with Gasteiger partial charge in [-0.25, -0.2) is 8.78 Å². The molecule has 9 heteroatoms. The SMILES string of the molecule is CCn1cnnc1CNC(=O)C1CC(=O)N(c2ccc(F)cc2F)C1. The largest absolute Gasteiger partial charge is 0.348 e. The zero-order chi connectivity index (χ0) is 18.0. The Morgan fingerprint density at radius 3 is 2.92 bits per heavy atom. The summed E-state index contributed by atoms with van der Waals surface area (Å²) in [5, 5.41) is 10.4. The first-order valence-electron chi connectivity index (χ1n) is 7.89. The molecule has 1 unspecified atom stereocenters. The minimum absolute atomic E-state index is 0.0209. The summed E-state index contributed by atoms with van der Waals surface area (Å²) in [6.07, 6.45) is 1.54. The molecule has 0 saturated carbocycles. The number of carbonyl (C=O) groups is 2. The first-order chi connectivity index (χ1) is 12.0. The van der Waals surface area contributed by atoms with Crippen LogP contribution in [0.15, 0.2) is 24.5 Å². The van der Waals surface area contributed by atoms with Crippen LogP contribution in [0.25, 0.3) is 0 Å². The summed E-state index contributed by atoms with van der Waals surface area (Å²) in [4.78, 5) is 25.6. The molecule has 0 spiro atoms. The van der Waals surface area contributed by atoms with E-state index in [-0.39, 0.29) is 37.0 Å². The van der Waals surface area contributed by atoms with Crippen LogP contribution in [0.4, 0.5) is 14.5 Å². The predicted octanol–water partition coefficient (Wildman–Crippen LogP) is 1.25. The fraction of sp³-hybridized carbons (Fsp3) is 0.375. The Balaban J connectivity index is 1.64. The Morgan fingerprint density at radius 1 is 1.40 bits per heavy atom. The van der Waals surface area contributed by atoms with Gasteiger partial charge in [0.05, 0.1) is 18.2 Å². The van der Waals surface area contributed by atoms with Crippen molar-refractivity contribution in [3.05, 3.63) is 42.0 Å². The molecule has 1 aromatic carbocycles. The van der Waals surface area contributed by atoms with Crippen LogP contribution in [0.2, 0.25) is 0 Å². The second kappa shape index (κ2) is 6.96. The number of amides is 2. The van der Waals surface area contributed by atoms with E-state index in [0.29, 0.717) is 18.4 Å². The molecule has 0 bridgehead atoms. The summed E-state index contributed by atoms with van der Waals surface area (Å²) in [6.45, 7) is 2.85. The number of halogens is 2. The molecular formula is C16H17F2N5O2. The van der Waals surface area contributed by atoms with E-state index in [1.54, 1.807) is 10.9 Å². The highest BCUT2D eigenvalue weighted by Gasteiger charge is 2.36. The van der Waals surface area contributed by atoms with Gasteiger partial charge in [0.1, 0.15) is 18.0 Å². The van der Waals surface area contributed by atoms with E-state index < -0.39 is 17.6 Å². The lowest BCUT2D eigenvalue weighted by Crippen LogP contribution is -2.33. The molecule has 1 aromatic heterocycles. The van der Waals surface area contributed by atoms with Crippen LogP contribution in [-0.2, 0) is 22.7 Å². The van der Waals surface area contributed by atoms with Gasteiger partial charge in [-0.05, 0) is 19.1 Å². The van der Waals surface area contributed by atoms with Crippen molar-refractivity contribution in [3.63, 3.8) is 0 Å². The fourth-order valence-electron chi connectivity index (χ4n) is 2.81. The maximum atomic E-state index is 13.9. The summed E-state index contributed by atoms with van der Waals surface area (Å²) in [5.74, 6) is -2.23. The van der Waals surface area contributed by atoms with Gasteiger partial charge in [0.2, 0.25) is 11.8 Å². The number of hydrogen-bond acceptors (Lipinski definition) is 4. The van der Waals surface area contributed by atoms with E-state index in [4.69, 9.17) is 0 Å². The van der Waals surface area contributed by atoms with Gasteiger partial charge in [-0.2, -0.15) is 0 Å². The number of nitrogens with one attached hydrogen (secondary N) is 1. The van der Waals surface area contributed by atoms with Crippen molar-refractivity contribution < 1.29 is 18.4 Å². The lowest BCUT2D eigenvalue weighted by Gasteiger charge is -2.17. The van der Waals surface area contributed by atoms with Crippen LogP contribution in [0.1, 0.15) is 19.2 Å². The molecule has 1 aliphatic rings. The Bertz CT molecular complexity index is 808. The molecule has 2 aromatic rings. The zero-order valence-electron chi connectivity index (χ0n) is 13.6. The van der Waals surface area contributed by atoms with Gasteiger partial charge >= 0.3 is 0 Å². The fourth-order valence-corrected chi connectivity index (χ4v) is 2.81. The number of hydrogen-bond donors (Lipinski definition) is 1. The van der Waals surface area contributed by atoms with E-state index in [9.17, 15) is 18.4 Å². The minimum Gasteiger partial charge on any atom is -0.348 e. The molecule has 0 radical (unpaired) electrons. The highest BCUT2D eigenvalue weighted by atomic mass is 19.1. The molecule has 1 aliphatic heterocycles. The van der Waals surface area contributed by atoms with Crippen LogP contribution in [0, 0.1) is 17.6 Å². The first kappa shape index (κ1) is 17.0. The summed E-state index contributed by atoms with van der Waals surface area (Å²) >= 11 is 0. The maximum Gasteiger partial charge on any atom is 0.227 e. The van der Waals surface area contributed by atoms with E-state index in [0.717, 1.165) is 6.07 Å². The molecule has 2 heterocycles. The first-order valence-corrected chi connectivity index (χ1v) is 7.89. The standard InChI is InChI=1S/C16H17F2N5O2/c1-2-22-9-20-21-14(22)7-19-16(25)10-5-15(24)23(8-10)13-4-3-11(17)6-12(13)18/h3-4,6,9-10H,2,5,7-8H2,1H3,(H,19,25). The molecule has 25 heavy (non-hydrogen) atoms. The normalized spacial score (nSPS) is 17.2. The molecule has 3 rings (SSSR count). The Kier molecular flexibility index (Phi) is 4.73. The number of carbonyl (C=O) groups excluding carboxylic acids is 2. The topological polar surface area (TPSA) is 80.1 Å². The second-order valence-electron chi connectivity index (χ2n) is 5.75. The third-order valence-corrected chi connectivity index (χ3v) is 4.15. The zero-order valence-corrected chi connectivity index (χ0v) is 13.6. The van der Waals surface area contributed by atoms with Crippen molar-refractivity contribution >= 4 is 17.5 Å². The number of rotatable bonds is 5. The average molecular weight is 349 g/mol. The van der Waals surface area contributed by atoms with Gasteiger partial charge in [-0.3, -0.25) is 9.59 Å². The van der Waals surface area contributed by atoms with Crippen molar-refractivity contribution in [3.8, 4) is 0 Å². The van der Waals surface area contributed by atoms with Crippen molar-refractivity contribution in [1.29, 1.82) is 0 Å². The van der Waals surface area contributed by atoms with E-state index >= 15 is 0 Å². The highest BCUT2D eigenvalue weighted by molar-refractivity contribution is 6.00. The smallest absolute Gasteiger partial charge is 0.227 e. The molecule has 1 atom stereocenters. The summed E-state index contributed by atoms with van der Waals surface area (Å²) in [6, 6.07) is 3.00. The van der Waals surface area contributed by atoms with Crippen molar-refractivity contribution in [2.45, 2.75) is 26.4 Å². The lowest BCUT2D eigenvalue weighted by atomic mass is 10.1. The molecule has 0 aliphatic carbocycles. The highest BCUT2D eigenvalue weighted by Crippen LogP contribution is 2.28. The number of aromatic nitrogens is 3. The molecule has 1 fully saturated rings. The van der Waals surface area contributed by atoms with E-state index in [1.807, 2.05) is 6.92 Å².